The van der Waals surface area contributed by atoms with E-state index in [4.69, 9.17) is 5.11 Å². The highest BCUT2D eigenvalue weighted by molar-refractivity contribution is 7.11. The molecule has 0 aliphatic carbocycles. The van der Waals surface area contributed by atoms with Crippen LogP contribution >= 0.6 is 11.3 Å². The van der Waals surface area contributed by atoms with Gasteiger partial charge >= 0.3 is 5.97 Å². The minimum Gasteiger partial charge on any atom is -0.476 e. The maximum absolute atomic E-state index is 13.3. The van der Waals surface area contributed by atoms with Crippen LogP contribution in [-0.2, 0) is 6.54 Å². The third kappa shape index (κ3) is 3.02. The highest BCUT2D eigenvalue weighted by Gasteiger charge is 2.12. The maximum Gasteiger partial charge on any atom is 0.365 e. The van der Waals surface area contributed by atoms with E-state index < -0.39 is 23.4 Å². The lowest BCUT2D eigenvalue weighted by molar-refractivity contribution is 0.0696. The Kier molecular flexibility index (Phi) is 3.70. The molecule has 19 heavy (non-hydrogen) atoms. The van der Waals surface area contributed by atoms with Crippen LogP contribution in [0.15, 0.2) is 17.5 Å². The van der Waals surface area contributed by atoms with E-state index in [1.807, 2.05) is 0 Å². The van der Waals surface area contributed by atoms with Crippen LogP contribution in [0, 0.1) is 17.5 Å². The quantitative estimate of drug-likeness (QED) is 0.849. The lowest BCUT2D eigenvalue weighted by Crippen LogP contribution is -2.04. The molecule has 0 aliphatic rings. The number of carboxylic acids is 1. The first-order valence-corrected chi connectivity index (χ1v) is 5.91. The van der Waals surface area contributed by atoms with Crippen LogP contribution in [0.25, 0.3) is 0 Å². The highest BCUT2D eigenvalue weighted by Crippen LogP contribution is 2.20. The Labute approximate surface area is 109 Å². The number of rotatable bonds is 4. The Bertz CT molecular complexity index is 630. The second-order valence-corrected chi connectivity index (χ2v) is 4.41. The molecule has 0 amide bonds. The molecule has 1 aromatic carbocycles. The SMILES string of the molecule is O=C(O)c1nc(CNc2cc(F)cc(F)c2F)cs1. The Balaban J connectivity index is 2.12. The number of aromatic nitrogens is 1. The maximum atomic E-state index is 13.3. The van der Waals surface area contributed by atoms with Gasteiger partial charge in [-0.15, -0.1) is 11.3 Å². The van der Waals surface area contributed by atoms with Crippen LogP contribution < -0.4 is 5.32 Å². The van der Waals surface area contributed by atoms with Crippen LogP contribution in [0.1, 0.15) is 15.5 Å². The number of thiazole rings is 1. The summed E-state index contributed by atoms with van der Waals surface area (Å²) < 4.78 is 39.1. The third-order valence-electron chi connectivity index (χ3n) is 2.19. The summed E-state index contributed by atoms with van der Waals surface area (Å²) in [5.74, 6) is -4.58. The molecule has 1 heterocycles. The van der Waals surface area contributed by atoms with Crippen molar-refractivity contribution in [3.8, 4) is 0 Å². The molecule has 0 saturated carbocycles. The van der Waals surface area contributed by atoms with Crippen molar-refractivity contribution in [2.24, 2.45) is 0 Å². The summed E-state index contributed by atoms with van der Waals surface area (Å²) in [6, 6.07) is 1.24. The number of benzene rings is 1. The van der Waals surface area contributed by atoms with E-state index in [0.29, 0.717) is 11.8 Å². The highest BCUT2D eigenvalue weighted by atomic mass is 32.1. The van der Waals surface area contributed by atoms with Gasteiger partial charge < -0.3 is 10.4 Å². The monoisotopic (exact) mass is 288 g/mol. The van der Waals surface area contributed by atoms with Crippen molar-refractivity contribution < 1.29 is 23.1 Å². The summed E-state index contributed by atoms with van der Waals surface area (Å²) in [5.41, 5.74) is -0.00570. The Morgan fingerprint density at radius 3 is 2.74 bits per heavy atom. The standard InChI is InChI=1S/C11H7F3N2O2S/c12-5-1-7(13)9(14)8(2-5)15-3-6-4-19-10(16-6)11(17)18/h1-2,4,15H,3H2,(H,17,18). The zero-order valence-electron chi connectivity index (χ0n) is 9.28. The number of nitrogens with zero attached hydrogens (tertiary/aromatic N) is 1. The van der Waals surface area contributed by atoms with Gasteiger partial charge in [0.25, 0.3) is 0 Å². The molecule has 2 aromatic rings. The molecular weight excluding hydrogens is 281 g/mol. The van der Waals surface area contributed by atoms with Crippen LogP contribution in [0.3, 0.4) is 0 Å². The summed E-state index contributed by atoms with van der Waals surface area (Å²) in [6.45, 7) is -0.0381. The van der Waals surface area contributed by atoms with Crippen molar-refractivity contribution >= 4 is 23.0 Å². The van der Waals surface area contributed by atoms with Gasteiger partial charge in [-0.2, -0.15) is 0 Å². The fraction of sp³-hybridized carbons (Fsp3) is 0.0909. The number of halogens is 3. The normalized spacial score (nSPS) is 10.5. The molecule has 4 nitrogen and oxygen atoms in total. The van der Waals surface area contributed by atoms with Crippen molar-refractivity contribution in [2.75, 3.05) is 5.32 Å². The Morgan fingerprint density at radius 2 is 2.11 bits per heavy atom. The van der Waals surface area contributed by atoms with Crippen LogP contribution in [-0.4, -0.2) is 16.1 Å². The van der Waals surface area contributed by atoms with Gasteiger partial charge in [0.15, 0.2) is 11.6 Å². The molecule has 0 bridgehead atoms. The molecule has 0 unspecified atom stereocenters. The number of anilines is 1. The third-order valence-corrected chi connectivity index (χ3v) is 3.07. The topological polar surface area (TPSA) is 62.2 Å². The second-order valence-electron chi connectivity index (χ2n) is 3.55. The first kappa shape index (κ1) is 13.3. The zero-order chi connectivity index (χ0) is 14.0. The lowest BCUT2D eigenvalue weighted by atomic mass is 10.2. The number of nitrogens with one attached hydrogen (secondary N) is 1. The summed E-state index contributed by atoms with van der Waals surface area (Å²) in [4.78, 5) is 14.3. The van der Waals surface area contributed by atoms with E-state index in [2.05, 4.69) is 10.3 Å². The molecular formula is C11H7F3N2O2S. The van der Waals surface area contributed by atoms with Gasteiger partial charge in [-0.25, -0.2) is 22.9 Å². The van der Waals surface area contributed by atoms with E-state index >= 15 is 0 Å². The molecule has 0 atom stereocenters. The number of hydrogen-bond donors (Lipinski definition) is 2. The first-order chi connectivity index (χ1) is 8.97. The van der Waals surface area contributed by atoms with Gasteiger partial charge in [0.1, 0.15) is 5.82 Å². The van der Waals surface area contributed by atoms with Crippen molar-refractivity contribution in [3.05, 3.63) is 45.7 Å². The van der Waals surface area contributed by atoms with E-state index in [-0.39, 0.29) is 17.2 Å². The largest absolute Gasteiger partial charge is 0.476 e. The molecule has 0 fully saturated rings. The Morgan fingerprint density at radius 1 is 1.37 bits per heavy atom. The van der Waals surface area contributed by atoms with Crippen molar-refractivity contribution in [1.29, 1.82) is 0 Å². The average Bonchev–Trinajstić information content (AvgIpc) is 2.81. The predicted octanol–water partition coefficient (Wildman–Crippen LogP) is 2.87. The number of aromatic carboxylic acids is 1. The lowest BCUT2D eigenvalue weighted by Gasteiger charge is -2.06. The summed E-state index contributed by atoms with van der Waals surface area (Å²) in [6.07, 6.45) is 0. The molecule has 0 spiro atoms. The van der Waals surface area contributed by atoms with Gasteiger partial charge in [0, 0.05) is 17.5 Å². The van der Waals surface area contributed by atoms with Crippen LogP contribution in [0.5, 0.6) is 0 Å². The average molecular weight is 288 g/mol. The minimum absolute atomic E-state index is 0.0381. The van der Waals surface area contributed by atoms with E-state index in [0.717, 1.165) is 17.4 Å². The molecule has 8 heteroatoms. The second kappa shape index (κ2) is 5.27. The van der Waals surface area contributed by atoms with Gasteiger partial charge in [0.05, 0.1) is 17.9 Å². The van der Waals surface area contributed by atoms with Crippen molar-refractivity contribution in [3.63, 3.8) is 0 Å². The first-order valence-electron chi connectivity index (χ1n) is 5.03. The molecule has 0 radical (unpaired) electrons. The molecule has 100 valence electrons. The molecule has 2 N–H and O–H groups in total. The smallest absolute Gasteiger partial charge is 0.365 e. The number of carboxylic acid groups (broad SMARTS) is 1. The fourth-order valence-electron chi connectivity index (χ4n) is 1.36. The van der Waals surface area contributed by atoms with Crippen LogP contribution in [0.4, 0.5) is 18.9 Å². The number of carbonyl (C=O) groups is 1. The summed E-state index contributed by atoms with van der Waals surface area (Å²) in [5, 5.41) is 12.5. The zero-order valence-corrected chi connectivity index (χ0v) is 10.1. The summed E-state index contributed by atoms with van der Waals surface area (Å²) in [7, 11) is 0. The van der Waals surface area contributed by atoms with E-state index in [1.165, 1.54) is 5.38 Å². The van der Waals surface area contributed by atoms with Crippen molar-refractivity contribution in [1.82, 2.24) is 4.98 Å². The van der Waals surface area contributed by atoms with Crippen LogP contribution in [0.2, 0.25) is 0 Å². The summed E-state index contributed by atoms with van der Waals surface area (Å²) >= 11 is 0.911. The van der Waals surface area contributed by atoms with Crippen molar-refractivity contribution in [2.45, 2.75) is 6.54 Å². The predicted molar refractivity (Wildman–Crippen MR) is 62.7 cm³/mol. The van der Waals surface area contributed by atoms with Gasteiger partial charge in [-0.3, -0.25) is 0 Å². The number of hydrogen-bond acceptors (Lipinski definition) is 4. The molecule has 2 rings (SSSR count). The van der Waals surface area contributed by atoms with E-state index in [9.17, 15) is 18.0 Å². The molecule has 0 aliphatic heterocycles. The minimum atomic E-state index is -1.30. The van der Waals surface area contributed by atoms with Gasteiger partial charge in [0.2, 0.25) is 5.01 Å². The van der Waals surface area contributed by atoms with Gasteiger partial charge in [-0.05, 0) is 0 Å². The molecule has 0 saturated heterocycles. The van der Waals surface area contributed by atoms with Gasteiger partial charge in [-0.1, -0.05) is 0 Å². The van der Waals surface area contributed by atoms with E-state index in [1.54, 1.807) is 0 Å². The molecule has 1 aromatic heterocycles. The Hall–Kier alpha value is -2.09. The fourth-order valence-corrected chi connectivity index (χ4v) is 2.01.